The lowest BCUT2D eigenvalue weighted by molar-refractivity contribution is -0.148. The summed E-state index contributed by atoms with van der Waals surface area (Å²) in [7, 11) is -3.60. The molecule has 5 nitrogen and oxygen atoms in total. The van der Waals surface area contributed by atoms with E-state index >= 15 is 0 Å². The molecule has 0 amide bonds. The molecule has 0 radical (unpaired) electrons. The summed E-state index contributed by atoms with van der Waals surface area (Å²) < 4.78 is 27.7. The van der Waals surface area contributed by atoms with Crippen molar-refractivity contribution in [1.82, 2.24) is 0 Å². The Balaban J connectivity index is 2.01. The van der Waals surface area contributed by atoms with E-state index in [1.165, 1.54) is 38.2 Å². The van der Waals surface area contributed by atoms with E-state index in [-0.39, 0.29) is 10.9 Å². The number of ether oxygens (including phenoxy) is 1. The summed E-state index contributed by atoms with van der Waals surface area (Å²) in [4.78, 5) is 11.7. The number of hydrogen-bond acceptors (Lipinski definition) is 4. The van der Waals surface area contributed by atoms with E-state index in [1.807, 2.05) is 39.0 Å². The maximum atomic E-state index is 11.5. The molecule has 0 aliphatic rings. The van der Waals surface area contributed by atoms with Gasteiger partial charge < -0.3 is 4.74 Å². The molecule has 0 saturated carbocycles. The van der Waals surface area contributed by atoms with Crippen molar-refractivity contribution < 1.29 is 17.9 Å². The highest BCUT2D eigenvalue weighted by molar-refractivity contribution is 7.89. The van der Waals surface area contributed by atoms with Gasteiger partial charge in [-0.2, -0.15) is 0 Å². The van der Waals surface area contributed by atoms with Gasteiger partial charge in [0.2, 0.25) is 10.0 Å². The minimum absolute atomic E-state index is 0.164. The fraction of sp³-hybridized carbons (Fsp3) is 0.591. The first-order valence-corrected chi connectivity index (χ1v) is 11.6. The van der Waals surface area contributed by atoms with Gasteiger partial charge >= 0.3 is 5.97 Å². The number of hydrogen-bond donors (Lipinski definition) is 1. The predicted octanol–water partition coefficient (Wildman–Crippen LogP) is 4.90. The quantitative estimate of drug-likeness (QED) is 0.302. The van der Waals surface area contributed by atoms with Gasteiger partial charge in [0, 0.05) is 6.08 Å². The van der Waals surface area contributed by atoms with E-state index in [4.69, 9.17) is 9.88 Å². The van der Waals surface area contributed by atoms with Crippen LogP contribution >= 0.6 is 0 Å². The number of esters is 1. The molecule has 0 heterocycles. The topological polar surface area (TPSA) is 86.5 Å². The van der Waals surface area contributed by atoms with E-state index in [9.17, 15) is 13.2 Å². The van der Waals surface area contributed by atoms with Crippen LogP contribution in [-0.2, 0) is 26.0 Å². The first-order valence-electron chi connectivity index (χ1n) is 10.1. The molecule has 0 aromatic heterocycles. The Hall–Kier alpha value is -1.66. The number of allylic oxidation sites excluding steroid dienone is 1. The van der Waals surface area contributed by atoms with Gasteiger partial charge in [-0.3, -0.25) is 0 Å². The number of aryl methyl sites for hydroxylation is 1. The number of carbonyl (C=O) groups excluding carboxylic acids is 1. The summed E-state index contributed by atoms with van der Waals surface area (Å²) in [6.07, 6.45) is 13.5. The van der Waals surface area contributed by atoms with Crippen molar-refractivity contribution in [2.45, 2.75) is 89.1 Å². The molecular formula is C22H35NO4S. The fourth-order valence-electron chi connectivity index (χ4n) is 2.84. The van der Waals surface area contributed by atoms with E-state index in [2.05, 4.69) is 0 Å². The molecule has 0 unspecified atom stereocenters. The maximum Gasteiger partial charge on any atom is 0.330 e. The average molecular weight is 410 g/mol. The van der Waals surface area contributed by atoms with Gasteiger partial charge in [-0.1, -0.05) is 50.3 Å². The Bertz CT molecular complexity index is 716. The minimum Gasteiger partial charge on any atom is -0.457 e. The van der Waals surface area contributed by atoms with E-state index < -0.39 is 15.6 Å². The monoisotopic (exact) mass is 409 g/mol. The summed E-state index contributed by atoms with van der Waals surface area (Å²) >= 11 is 0. The van der Waals surface area contributed by atoms with Crippen molar-refractivity contribution in [2.24, 2.45) is 5.14 Å². The highest BCUT2D eigenvalue weighted by atomic mass is 32.2. The van der Waals surface area contributed by atoms with Crippen LogP contribution in [0.2, 0.25) is 0 Å². The third kappa shape index (κ3) is 11.9. The van der Waals surface area contributed by atoms with Crippen LogP contribution in [0.1, 0.15) is 77.7 Å². The van der Waals surface area contributed by atoms with Gasteiger partial charge in [0.15, 0.2) is 0 Å². The molecule has 0 bridgehead atoms. The molecule has 0 saturated heterocycles. The van der Waals surface area contributed by atoms with E-state index in [1.54, 1.807) is 12.1 Å². The lowest BCUT2D eigenvalue weighted by atomic mass is 10.0. The minimum atomic E-state index is -3.60. The standard InChI is InChI=1S/C22H35NO4S/c1-22(2,3)27-21(24)14-12-10-8-6-4-5-7-9-11-13-19-15-17-20(18-16-19)28(23,25)26/h12,14-18H,4-11,13H2,1-3H3,(H2,23,25,26). The van der Waals surface area contributed by atoms with Crippen LogP contribution in [0.3, 0.4) is 0 Å². The van der Waals surface area contributed by atoms with Crippen LogP contribution in [0.5, 0.6) is 0 Å². The zero-order valence-electron chi connectivity index (χ0n) is 17.4. The van der Waals surface area contributed by atoms with Gasteiger partial charge in [-0.15, -0.1) is 0 Å². The molecule has 0 fully saturated rings. The Kier molecular flexibility index (Phi) is 10.5. The number of benzene rings is 1. The second kappa shape index (κ2) is 12.0. The van der Waals surface area contributed by atoms with Gasteiger partial charge in [0.1, 0.15) is 5.60 Å². The first kappa shape index (κ1) is 24.4. The SMILES string of the molecule is CC(C)(C)OC(=O)C=CCCCCCCCCCc1ccc(S(N)(=O)=O)cc1. The number of nitrogens with two attached hydrogens (primary N) is 1. The van der Waals surface area contributed by atoms with Crippen LogP contribution in [0, 0.1) is 0 Å². The third-order valence-electron chi connectivity index (χ3n) is 4.25. The summed E-state index contributed by atoms with van der Waals surface area (Å²) in [6.45, 7) is 5.59. The van der Waals surface area contributed by atoms with Crippen LogP contribution < -0.4 is 5.14 Å². The van der Waals surface area contributed by atoms with Crippen LogP contribution in [-0.4, -0.2) is 20.0 Å². The largest absolute Gasteiger partial charge is 0.457 e. The second-order valence-corrected chi connectivity index (χ2v) is 9.70. The summed E-state index contributed by atoms with van der Waals surface area (Å²) in [5.41, 5.74) is 0.708. The van der Waals surface area contributed by atoms with Gasteiger partial charge in [-0.25, -0.2) is 18.4 Å². The number of rotatable bonds is 12. The molecule has 0 aliphatic carbocycles. The van der Waals surface area contributed by atoms with Crippen molar-refractivity contribution in [1.29, 1.82) is 0 Å². The summed E-state index contributed by atoms with van der Waals surface area (Å²) in [5.74, 6) is -0.271. The van der Waals surface area contributed by atoms with Crippen LogP contribution in [0.4, 0.5) is 0 Å². The van der Waals surface area contributed by atoms with Crippen LogP contribution in [0.25, 0.3) is 0 Å². The van der Waals surface area contributed by atoms with Gasteiger partial charge in [0.25, 0.3) is 0 Å². The average Bonchev–Trinajstić information content (AvgIpc) is 2.57. The molecule has 0 aliphatic heterocycles. The molecule has 1 aromatic rings. The van der Waals surface area contributed by atoms with Crippen molar-refractivity contribution in [2.75, 3.05) is 0 Å². The highest BCUT2D eigenvalue weighted by Crippen LogP contribution is 2.14. The summed E-state index contributed by atoms with van der Waals surface area (Å²) in [6, 6.07) is 6.82. The van der Waals surface area contributed by atoms with Crippen molar-refractivity contribution in [3.8, 4) is 0 Å². The first-order chi connectivity index (χ1) is 13.1. The highest BCUT2D eigenvalue weighted by Gasteiger charge is 2.13. The van der Waals surface area contributed by atoms with Crippen molar-refractivity contribution in [3.05, 3.63) is 42.0 Å². The third-order valence-corrected chi connectivity index (χ3v) is 5.18. The molecular weight excluding hydrogens is 374 g/mol. The fourth-order valence-corrected chi connectivity index (χ4v) is 3.35. The predicted molar refractivity (Wildman–Crippen MR) is 113 cm³/mol. The molecule has 1 rings (SSSR count). The molecule has 6 heteroatoms. The molecule has 28 heavy (non-hydrogen) atoms. The normalized spacial score (nSPS) is 12.4. The molecule has 0 spiro atoms. The Morgan fingerprint density at radius 2 is 1.50 bits per heavy atom. The molecule has 1 aromatic carbocycles. The number of unbranched alkanes of at least 4 members (excludes halogenated alkanes) is 7. The molecule has 0 atom stereocenters. The van der Waals surface area contributed by atoms with Crippen LogP contribution in [0.15, 0.2) is 41.3 Å². The lowest BCUT2D eigenvalue weighted by Gasteiger charge is -2.17. The van der Waals surface area contributed by atoms with Gasteiger partial charge in [0.05, 0.1) is 4.90 Å². The van der Waals surface area contributed by atoms with Gasteiger partial charge in [-0.05, 0) is 64.2 Å². The number of carbonyl (C=O) groups is 1. The number of sulfonamides is 1. The smallest absolute Gasteiger partial charge is 0.330 e. The number of primary sulfonamides is 1. The zero-order chi connectivity index (χ0) is 21.0. The Morgan fingerprint density at radius 1 is 0.964 bits per heavy atom. The molecule has 2 N–H and O–H groups in total. The molecule has 158 valence electrons. The second-order valence-electron chi connectivity index (χ2n) is 8.14. The van der Waals surface area contributed by atoms with Crippen molar-refractivity contribution in [3.63, 3.8) is 0 Å². The Morgan fingerprint density at radius 3 is 2.04 bits per heavy atom. The zero-order valence-corrected chi connectivity index (χ0v) is 18.3. The van der Waals surface area contributed by atoms with E-state index in [0.29, 0.717) is 0 Å². The Labute approximate surface area is 170 Å². The lowest BCUT2D eigenvalue weighted by Crippen LogP contribution is -2.22. The van der Waals surface area contributed by atoms with Crippen molar-refractivity contribution >= 4 is 16.0 Å². The van der Waals surface area contributed by atoms with E-state index in [0.717, 1.165) is 31.2 Å². The summed E-state index contributed by atoms with van der Waals surface area (Å²) in [5, 5.41) is 5.10. The maximum absolute atomic E-state index is 11.5.